The molecule has 0 saturated carbocycles. The molecule has 1 heteroatoms. The van der Waals surface area contributed by atoms with E-state index in [1.54, 1.807) is 0 Å². The van der Waals surface area contributed by atoms with Crippen LogP contribution in [-0.4, -0.2) is 0 Å². The van der Waals surface area contributed by atoms with Gasteiger partial charge in [-0.05, 0) is 129 Å². The summed E-state index contributed by atoms with van der Waals surface area (Å²) in [6, 6.07) is 106. The van der Waals surface area contributed by atoms with E-state index in [1.165, 1.54) is 104 Å². The van der Waals surface area contributed by atoms with Gasteiger partial charge in [-0.15, -0.1) is 0 Å². The lowest BCUT2D eigenvalue weighted by Crippen LogP contribution is -2.28. The van der Waals surface area contributed by atoms with Gasteiger partial charge in [-0.2, -0.15) is 0 Å². The summed E-state index contributed by atoms with van der Waals surface area (Å²) in [5, 5.41) is 9.89. The highest BCUT2D eigenvalue weighted by Gasteiger charge is 2.47. The van der Waals surface area contributed by atoms with Crippen molar-refractivity contribution in [1.29, 1.82) is 0 Å². The fourth-order valence-corrected chi connectivity index (χ4v) is 12.3. The predicted molar refractivity (Wildman–Crippen MR) is 305 cm³/mol. The van der Waals surface area contributed by atoms with E-state index >= 15 is 0 Å². The highest BCUT2D eigenvalue weighted by molar-refractivity contribution is 6.22. The third-order valence-corrected chi connectivity index (χ3v) is 15.3. The molecule has 0 bridgehead atoms. The van der Waals surface area contributed by atoms with E-state index in [9.17, 15) is 0 Å². The van der Waals surface area contributed by atoms with Crippen LogP contribution < -0.4 is 4.90 Å². The molecule has 0 atom stereocenters. The maximum atomic E-state index is 2.53. The minimum absolute atomic E-state index is 0.536. The van der Waals surface area contributed by atoms with Gasteiger partial charge in [-0.25, -0.2) is 0 Å². The molecule has 0 fully saturated rings. The van der Waals surface area contributed by atoms with Gasteiger partial charge in [0.05, 0.1) is 16.8 Å². The molecule has 14 rings (SSSR count). The van der Waals surface area contributed by atoms with Crippen molar-refractivity contribution in [1.82, 2.24) is 0 Å². The van der Waals surface area contributed by atoms with Crippen molar-refractivity contribution >= 4 is 60.2 Å². The zero-order chi connectivity index (χ0) is 47.6. The van der Waals surface area contributed by atoms with E-state index in [-0.39, 0.29) is 0 Å². The SMILES string of the molecule is c1ccc(-c2c(-c3ccccc3)c3cc(-c4ccc(N(c5cccc6c5-c5ccccc5C6(c5ccccc5)c5ccccc5)c5cc6ccccc6c6ccccc56)cc4)ccc3c3ccccc23)cc1. The van der Waals surface area contributed by atoms with Gasteiger partial charge in [0.15, 0.2) is 0 Å². The quantitative estimate of drug-likeness (QED) is 0.137. The lowest BCUT2D eigenvalue weighted by atomic mass is 9.68. The Kier molecular flexibility index (Phi) is 9.82. The van der Waals surface area contributed by atoms with Crippen molar-refractivity contribution in [2.24, 2.45) is 0 Å². The van der Waals surface area contributed by atoms with E-state index in [4.69, 9.17) is 0 Å². The van der Waals surface area contributed by atoms with Crippen LogP contribution in [-0.2, 0) is 5.41 Å². The molecule has 72 heavy (non-hydrogen) atoms. The van der Waals surface area contributed by atoms with Crippen LogP contribution in [0.2, 0.25) is 0 Å². The Morgan fingerprint density at radius 2 is 0.736 bits per heavy atom. The molecule has 0 N–H and O–H groups in total. The van der Waals surface area contributed by atoms with E-state index in [0.717, 1.165) is 22.6 Å². The fourth-order valence-electron chi connectivity index (χ4n) is 12.3. The number of anilines is 3. The molecule has 13 aromatic rings. The van der Waals surface area contributed by atoms with Gasteiger partial charge in [0.25, 0.3) is 0 Å². The smallest absolute Gasteiger partial charge is 0.0714 e. The van der Waals surface area contributed by atoms with Crippen LogP contribution in [0.1, 0.15) is 22.3 Å². The van der Waals surface area contributed by atoms with E-state index < -0.39 is 5.41 Å². The summed E-state index contributed by atoms with van der Waals surface area (Å²) in [5.41, 5.74) is 17.7. The Morgan fingerprint density at radius 3 is 1.40 bits per heavy atom. The molecule has 336 valence electrons. The summed E-state index contributed by atoms with van der Waals surface area (Å²) in [5.74, 6) is 0. The average molecular weight is 914 g/mol. The molecular weight excluding hydrogens is 867 g/mol. The maximum absolute atomic E-state index is 2.53. The first kappa shape index (κ1) is 41.7. The molecule has 0 radical (unpaired) electrons. The molecule has 0 unspecified atom stereocenters. The fraction of sp³-hybridized carbons (Fsp3) is 0.0141. The van der Waals surface area contributed by atoms with Gasteiger partial charge < -0.3 is 4.90 Å². The summed E-state index contributed by atoms with van der Waals surface area (Å²) in [6.45, 7) is 0. The van der Waals surface area contributed by atoms with Gasteiger partial charge in [-0.1, -0.05) is 255 Å². The normalized spacial score (nSPS) is 12.6. The number of hydrogen-bond donors (Lipinski definition) is 0. The van der Waals surface area contributed by atoms with Gasteiger partial charge in [-0.3, -0.25) is 0 Å². The maximum Gasteiger partial charge on any atom is 0.0714 e. The van der Waals surface area contributed by atoms with Crippen LogP contribution in [0.3, 0.4) is 0 Å². The van der Waals surface area contributed by atoms with Crippen LogP contribution >= 0.6 is 0 Å². The molecule has 1 nitrogen and oxygen atoms in total. The number of fused-ring (bicyclic) bond motifs is 9. The highest BCUT2D eigenvalue weighted by atomic mass is 15.1. The first-order chi connectivity index (χ1) is 35.8. The van der Waals surface area contributed by atoms with Crippen LogP contribution in [0, 0.1) is 0 Å². The topological polar surface area (TPSA) is 3.24 Å². The molecule has 0 amide bonds. The second kappa shape index (κ2) is 17.0. The van der Waals surface area contributed by atoms with Crippen LogP contribution in [0.15, 0.2) is 285 Å². The predicted octanol–water partition coefficient (Wildman–Crippen LogP) is 19.1. The van der Waals surface area contributed by atoms with Crippen molar-refractivity contribution in [3.63, 3.8) is 0 Å². The highest BCUT2D eigenvalue weighted by Crippen LogP contribution is 2.60. The molecule has 0 heterocycles. The molecule has 1 aliphatic rings. The number of rotatable bonds is 8. The Morgan fingerprint density at radius 1 is 0.250 bits per heavy atom. The lowest BCUT2D eigenvalue weighted by molar-refractivity contribution is 0.768. The van der Waals surface area contributed by atoms with Gasteiger partial charge in [0.1, 0.15) is 0 Å². The van der Waals surface area contributed by atoms with Crippen molar-refractivity contribution in [2.75, 3.05) is 4.90 Å². The third kappa shape index (κ3) is 6.41. The summed E-state index contributed by atoms with van der Waals surface area (Å²) in [7, 11) is 0. The molecule has 0 aromatic heterocycles. The summed E-state index contributed by atoms with van der Waals surface area (Å²) in [6.07, 6.45) is 0. The Bertz CT molecular complexity index is 4140. The Labute approximate surface area is 420 Å². The van der Waals surface area contributed by atoms with Crippen LogP contribution in [0.25, 0.3) is 87.6 Å². The minimum Gasteiger partial charge on any atom is -0.309 e. The van der Waals surface area contributed by atoms with Gasteiger partial charge in [0.2, 0.25) is 0 Å². The van der Waals surface area contributed by atoms with Crippen LogP contribution in [0.4, 0.5) is 17.1 Å². The monoisotopic (exact) mass is 913 g/mol. The number of nitrogens with zero attached hydrogens (tertiary/aromatic N) is 1. The largest absolute Gasteiger partial charge is 0.309 e. The van der Waals surface area contributed by atoms with Crippen molar-refractivity contribution in [2.45, 2.75) is 5.41 Å². The Balaban J connectivity index is 1.01. The third-order valence-electron chi connectivity index (χ3n) is 15.3. The zero-order valence-corrected chi connectivity index (χ0v) is 39.6. The number of benzene rings is 13. The van der Waals surface area contributed by atoms with Crippen molar-refractivity contribution in [3.05, 3.63) is 307 Å². The van der Waals surface area contributed by atoms with Crippen molar-refractivity contribution in [3.8, 4) is 44.5 Å². The second-order valence-corrected chi connectivity index (χ2v) is 19.1. The van der Waals surface area contributed by atoms with Crippen LogP contribution in [0.5, 0.6) is 0 Å². The summed E-state index contributed by atoms with van der Waals surface area (Å²) < 4.78 is 0. The molecular formula is C71H47N. The van der Waals surface area contributed by atoms with Gasteiger partial charge >= 0.3 is 0 Å². The van der Waals surface area contributed by atoms with E-state index in [2.05, 4.69) is 290 Å². The molecule has 13 aromatic carbocycles. The van der Waals surface area contributed by atoms with Crippen molar-refractivity contribution < 1.29 is 0 Å². The second-order valence-electron chi connectivity index (χ2n) is 19.1. The molecule has 0 saturated heterocycles. The molecule has 0 spiro atoms. The number of hydrogen-bond acceptors (Lipinski definition) is 1. The average Bonchev–Trinajstić information content (AvgIpc) is 3.77. The first-order valence-corrected chi connectivity index (χ1v) is 25.0. The van der Waals surface area contributed by atoms with E-state index in [1.807, 2.05) is 0 Å². The summed E-state index contributed by atoms with van der Waals surface area (Å²) >= 11 is 0. The van der Waals surface area contributed by atoms with Gasteiger partial charge in [0, 0.05) is 16.6 Å². The standard InChI is InChI=1S/C71H47N/c1-5-22-49(23-6-1)68-61-35-18-16-33-58(61)59-45-42-51(46-63(59)69(68)50-24-7-2-8-25-50)48-40-43-55(44-41-48)72(67-47-52-26-13-14-31-56(52)57-32-15-17-34-60(57)67)66-39-21-38-65-70(66)62-36-19-20-37-64(62)71(65,53-27-9-3-10-28-53)54-29-11-4-12-30-54/h1-47H. The Hall–Kier alpha value is -9.30. The molecule has 1 aliphatic carbocycles. The van der Waals surface area contributed by atoms with E-state index in [0.29, 0.717) is 0 Å². The minimum atomic E-state index is -0.536. The zero-order valence-electron chi connectivity index (χ0n) is 39.6. The summed E-state index contributed by atoms with van der Waals surface area (Å²) in [4.78, 5) is 2.53. The first-order valence-electron chi connectivity index (χ1n) is 25.0. The lowest BCUT2D eigenvalue weighted by Gasteiger charge is -2.34. The molecule has 0 aliphatic heterocycles.